The summed E-state index contributed by atoms with van der Waals surface area (Å²) in [6, 6.07) is 15.6. The maximum Gasteiger partial charge on any atom is 0.133 e. The molecule has 0 amide bonds. The van der Waals surface area contributed by atoms with Crippen LogP contribution in [0.2, 0.25) is 0 Å². The van der Waals surface area contributed by atoms with Gasteiger partial charge in [0, 0.05) is 37.9 Å². The third-order valence-electron chi connectivity index (χ3n) is 4.60. The molecule has 22 heavy (non-hydrogen) atoms. The number of pyridine rings is 1. The number of nitrogens with zero attached hydrogens (tertiary/aromatic N) is 3. The third-order valence-corrected chi connectivity index (χ3v) is 4.60. The second kappa shape index (κ2) is 6.93. The van der Waals surface area contributed by atoms with Gasteiger partial charge in [-0.3, -0.25) is 4.90 Å². The molecule has 0 aliphatic carbocycles. The lowest BCUT2D eigenvalue weighted by Gasteiger charge is -2.28. The summed E-state index contributed by atoms with van der Waals surface area (Å²) in [7, 11) is 2.13. The number of benzene rings is 1. The Labute approximate surface area is 133 Å². The van der Waals surface area contributed by atoms with Crippen molar-refractivity contribution in [2.24, 2.45) is 0 Å². The van der Waals surface area contributed by atoms with Gasteiger partial charge in [-0.05, 0) is 37.9 Å². The predicted octanol–water partition coefficient (Wildman–Crippen LogP) is 3.87. The van der Waals surface area contributed by atoms with Crippen LogP contribution in [0.15, 0.2) is 48.7 Å². The molecule has 1 aromatic heterocycles. The first kappa shape index (κ1) is 15.0. The molecule has 0 saturated carbocycles. The van der Waals surface area contributed by atoms with Gasteiger partial charge < -0.3 is 4.90 Å². The van der Waals surface area contributed by atoms with Gasteiger partial charge in [-0.2, -0.15) is 0 Å². The summed E-state index contributed by atoms with van der Waals surface area (Å²) in [5.74, 6) is 1.13. The van der Waals surface area contributed by atoms with Gasteiger partial charge in [0.1, 0.15) is 5.82 Å². The SMILES string of the molecule is CCN(C)c1ncccc1[C@@H]1CCCN1Cc1ccccc1. The zero-order valence-corrected chi connectivity index (χ0v) is 13.6. The number of anilines is 1. The molecule has 0 spiro atoms. The fraction of sp³-hybridized carbons (Fsp3) is 0.421. The Balaban J connectivity index is 1.84. The van der Waals surface area contributed by atoms with E-state index in [9.17, 15) is 0 Å². The topological polar surface area (TPSA) is 19.4 Å². The third kappa shape index (κ3) is 3.14. The van der Waals surface area contributed by atoms with Crippen molar-refractivity contribution >= 4 is 5.82 Å². The second-order valence-corrected chi connectivity index (χ2v) is 6.04. The summed E-state index contributed by atoms with van der Waals surface area (Å²) in [6.45, 7) is 5.35. The van der Waals surface area contributed by atoms with E-state index in [1.165, 1.54) is 30.5 Å². The molecule has 3 heteroatoms. The van der Waals surface area contributed by atoms with Crippen molar-refractivity contribution < 1.29 is 0 Å². The van der Waals surface area contributed by atoms with Crippen LogP contribution in [0.4, 0.5) is 5.82 Å². The van der Waals surface area contributed by atoms with E-state index in [1.807, 2.05) is 6.20 Å². The minimum atomic E-state index is 0.484. The molecule has 0 unspecified atom stereocenters. The number of likely N-dealkylation sites (tertiary alicyclic amines) is 1. The molecule has 1 aliphatic heterocycles. The molecule has 0 N–H and O–H groups in total. The highest BCUT2D eigenvalue weighted by molar-refractivity contribution is 5.48. The van der Waals surface area contributed by atoms with Crippen molar-refractivity contribution in [3.05, 3.63) is 59.8 Å². The minimum absolute atomic E-state index is 0.484. The quantitative estimate of drug-likeness (QED) is 0.834. The lowest BCUT2D eigenvalue weighted by molar-refractivity contribution is 0.248. The van der Waals surface area contributed by atoms with Crippen LogP contribution >= 0.6 is 0 Å². The summed E-state index contributed by atoms with van der Waals surface area (Å²) in [6.07, 6.45) is 4.40. The smallest absolute Gasteiger partial charge is 0.133 e. The summed E-state index contributed by atoms with van der Waals surface area (Å²) < 4.78 is 0. The van der Waals surface area contributed by atoms with E-state index in [1.54, 1.807) is 0 Å². The Kier molecular flexibility index (Phi) is 4.74. The minimum Gasteiger partial charge on any atom is -0.360 e. The summed E-state index contributed by atoms with van der Waals surface area (Å²) in [5.41, 5.74) is 2.77. The molecular weight excluding hydrogens is 270 g/mol. The van der Waals surface area contributed by atoms with Crippen molar-refractivity contribution in [2.45, 2.75) is 32.4 Å². The van der Waals surface area contributed by atoms with E-state index in [0.717, 1.165) is 18.9 Å². The van der Waals surface area contributed by atoms with Gasteiger partial charge in [-0.15, -0.1) is 0 Å². The van der Waals surface area contributed by atoms with Crippen molar-refractivity contribution in [1.82, 2.24) is 9.88 Å². The Bertz CT molecular complexity index is 597. The van der Waals surface area contributed by atoms with E-state index < -0.39 is 0 Å². The Morgan fingerprint density at radius 3 is 2.77 bits per heavy atom. The number of hydrogen-bond acceptors (Lipinski definition) is 3. The number of rotatable bonds is 5. The molecular formula is C19H25N3. The predicted molar refractivity (Wildman–Crippen MR) is 92.0 cm³/mol. The Morgan fingerprint density at radius 2 is 2.00 bits per heavy atom. The fourth-order valence-electron chi connectivity index (χ4n) is 3.32. The first-order valence-electron chi connectivity index (χ1n) is 8.23. The zero-order chi connectivity index (χ0) is 15.4. The maximum absolute atomic E-state index is 4.63. The van der Waals surface area contributed by atoms with Crippen LogP contribution < -0.4 is 4.90 Å². The maximum atomic E-state index is 4.63. The lowest BCUT2D eigenvalue weighted by Crippen LogP contribution is -2.26. The van der Waals surface area contributed by atoms with Gasteiger partial charge in [0.05, 0.1) is 0 Å². The van der Waals surface area contributed by atoms with Crippen LogP contribution in [0.25, 0.3) is 0 Å². The number of hydrogen-bond donors (Lipinski definition) is 0. The zero-order valence-electron chi connectivity index (χ0n) is 13.6. The van der Waals surface area contributed by atoms with E-state index in [0.29, 0.717) is 6.04 Å². The highest BCUT2D eigenvalue weighted by atomic mass is 15.2. The molecule has 2 heterocycles. The van der Waals surface area contributed by atoms with Crippen molar-refractivity contribution in [3.8, 4) is 0 Å². The molecule has 0 radical (unpaired) electrons. The second-order valence-electron chi connectivity index (χ2n) is 6.04. The van der Waals surface area contributed by atoms with Crippen LogP contribution in [-0.2, 0) is 6.54 Å². The van der Waals surface area contributed by atoms with Crippen molar-refractivity contribution in [2.75, 3.05) is 25.0 Å². The number of aromatic nitrogens is 1. The van der Waals surface area contributed by atoms with Crippen LogP contribution in [0, 0.1) is 0 Å². The first-order valence-corrected chi connectivity index (χ1v) is 8.23. The highest BCUT2D eigenvalue weighted by Gasteiger charge is 2.28. The molecule has 3 nitrogen and oxygen atoms in total. The van der Waals surface area contributed by atoms with Gasteiger partial charge in [-0.1, -0.05) is 36.4 Å². The Hall–Kier alpha value is -1.87. The summed E-state index contributed by atoms with van der Waals surface area (Å²) in [4.78, 5) is 9.48. The molecule has 1 aromatic carbocycles. The van der Waals surface area contributed by atoms with Gasteiger partial charge in [0.25, 0.3) is 0 Å². The van der Waals surface area contributed by atoms with Crippen molar-refractivity contribution in [1.29, 1.82) is 0 Å². The normalized spacial score (nSPS) is 18.5. The van der Waals surface area contributed by atoms with Gasteiger partial charge >= 0.3 is 0 Å². The fourth-order valence-corrected chi connectivity index (χ4v) is 3.32. The van der Waals surface area contributed by atoms with E-state index in [2.05, 4.69) is 71.2 Å². The largest absolute Gasteiger partial charge is 0.360 e. The molecule has 3 rings (SSSR count). The molecule has 1 atom stereocenters. The molecule has 116 valence electrons. The van der Waals surface area contributed by atoms with Gasteiger partial charge in [0.15, 0.2) is 0 Å². The molecule has 0 bridgehead atoms. The first-order chi connectivity index (χ1) is 10.8. The molecule has 1 fully saturated rings. The monoisotopic (exact) mass is 295 g/mol. The van der Waals surface area contributed by atoms with Crippen LogP contribution in [0.1, 0.15) is 36.9 Å². The van der Waals surface area contributed by atoms with Crippen LogP contribution in [0.3, 0.4) is 0 Å². The summed E-state index contributed by atoms with van der Waals surface area (Å²) in [5, 5.41) is 0. The highest BCUT2D eigenvalue weighted by Crippen LogP contribution is 2.36. The lowest BCUT2D eigenvalue weighted by atomic mass is 10.0. The van der Waals surface area contributed by atoms with E-state index in [-0.39, 0.29) is 0 Å². The average Bonchev–Trinajstić information content (AvgIpc) is 3.03. The average molecular weight is 295 g/mol. The van der Waals surface area contributed by atoms with Crippen LogP contribution in [0.5, 0.6) is 0 Å². The standard InChI is InChI=1S/C19H25N3/c1-3-21(2)19-17(11-7-13-20-19)18-12-8-14-22(18)15-16-9-5-4-6-10-16/h4-7,9-11,13,18H,3,8,12,14-15H2,1-2H3/t18-/m0/s1. The Morgan fingerprint density at radius 1 is 1.18 bits per heavy atom. The van der Waals surface area contributed by atoms with Crippen LogP contribution in [-0.4, -0.2) is 30.0 Å². The van der Waals surface area contributed by atoms with E-state index in [4.69, 9.17) is 0 Å². The van der Waals surface area contributed by atoms with Crippen molar-refractivity contribution in [3.63, 3.8) is 0 Å². The molecule has 1 saturated heterocycles. The van der Waals surface area contributed by atoms with Gasteiger partial charge in [-0.25, -0.2) is 4.98 Å². The molecule has 1 aliphatic rings. The van der Waals surface area contributed by atoms with E-state index >= 15 is 0 Å². The molecule has 2 aromatic rings. The van der Waals surface area contributed by atoms with Gasteiger partial charge in [0.2, 0.25) is 0 Å². The summed E-state index contributed by atoms with van der Waals surface area (Å²) >= 11 is 0.